The second kappa shape index (κ2) is 11.5. The van der Waals surface area contributed by atoms with Gasteiger partial charge in [-0.25, -0.2) is 4.68 Å². The molecule has 0 atom stereocenters. The van der Waals surface area contributed by atoms with E-state index in [1.54, 1.807) is 16.8 Å². The fourth-order valence-electron chi connectivity index (χ4n) is 3.70. The minimum atomic E-state index is -0.446. The Morgan fingerprint density at radius 3 is 2.44 bits per heavy atom. The van der Waals surface area contributed by atoms with Crippen molar-refractivity contribution in [1.29, 1.82) is 0 Å². The van der Waals surface area contributed by atoms with Gasteiger partial charge in [0.1, 0.15) is 12.4 Å². The summed E-state index contributed by atoms with van der Waals surface area (Å²) < 4.78 is 7.08. The van der Waals surface area contributed by atoms with E-state index < -0.39 is 4.92 Å². The molecule has 1 heterocycles. The molecular formula is C28H24N4O4. The predicted octanol–water partition coefficient (Wildman–Crippen LogP) is 4.36. The van der Waals surface area contributed by atoms with Gasteiger partial charge < -0.3 is 10.1 Å². The van der Waals surface area contributed by atoms with Crippen molar-refractivity contribution in [1.82, 2.24) is 15.1 Å². The van der Waals surface area contributed by atoms with Gasteiger partial charge in [0.25, 0.3) is 5.69 Å². The van der Waals surface area contributed by atoms with Gasteiger partial charge >= 0.3 is 0 Å². The second-order valence-electron chi connectivity index (χ2n) is 8.00. The van der Waals surface area contributed by atoms with Crippen LogP contribution in [0.2, 0.25) is 0 Å². The smallest absolute Gasteiger partial charge is 0.269 e. The van der Waals surface area contributed by atoms with Crippen LogP contribution in [0.1, 0.15) is 11.1 Å². The summed E-state index contributed by atoms with van der Waals surface area (Å²) in [5.41, 5.74) is 3.93. The van der Waals surface area contributed by atoms with Gasteiger partial charge in [-0.1, -0.05) is 36.3 Å². The zero-order valence-corrected chi connectivity index (χ0v) is 19.5. The van der Waals surface area contributed by atoms with Crippen molar-refractivity contribution in [3.05, 3.63) is 106 Å². The number of nitrogens with one attached hydrogen (secondary N) is 1. The molecule has 0 saturated heterocycles. The fraction of sp³-hybridized carbons (Fsp3) is 0.143. The van der Waals surface area contributed by atoms with E-state index in [2.05, 4.69) is 16.3 Å². The molecule has 0 radical (unpaired) electrons. The molecule has 4 aromatic rings. The topological polar surface area (TPSA) is 99.3 Å². The predicted molar refractivity (Wildman–Crippen MR) is 137 cm³/mol. The lowest BCUT2D eigenvalue weighted by Crippen LogP contribution is -2.27. The Morgan fingerprint density at radius 1 is 1.06 bits per heavy atom. The Balaban J connectivity index is 1.45. The maximum absolute atomic E-state index is 12.8. The summed E-state index contributed by atoms with van der Waals surface area (Å²) in [7, 11) is 0. The normalized spacial score (nSPS) is 10.4. The van der Waals surface area contributed by atoms with E-state index in [1.165, 1.54) is 12.1 Å². The Morgan fingerprint density at radius 2 is 1.78 bits per heavy atom. The molecule has 0 aliphatic heterocycles. The highest BCUT2D eigenvalue weighted by atomic mass is 16.6. The SMILES string of the molecule is C#CCOc1ccc(CCNC(=O)Cc2cn(-c3ccccc3)nc2-c2ccc([N+](=O)[O-])cc2)cc1. The van der Waals surface area contributed by atoms with E-state index in [4.69, 9.17) is 11.2 Å². The molecule has 1 amide bonds. The monoisotopic (exact) mass is 480 g/mol. The number of carbonyl (C=O) groups is 1. The third kappa shape index (κ3) is 6.15. The maximum atomic E-state index is 12.8. The number of aromatic nitrogens is 2. The first-order valence-electron chi connectivity index (χ1n) is 11.3. The molecule has 8 nitrogen and oxygen atoms in total. The van der Waals surface area contributed by atoms with E-state index in [1.807, 2.05) is 60.8 Å². The van der Waals surface area contributed by atoms with E-state index in [-0.39, 0.29) is 24.6 Å². The van der Waals surface area contributed by atoms with Crippen LogP contribution in [0.3, 0.4) is 0 Å². The quantitative estimate of drug-likeness (QED) is 0.207. The summed E-state index contributed by atoms with van der Waals surface area (Å²) in [6.45, 7) is 0.696. The van der Waals surface area contributed by atoms with Crippen LogP contribution < -0.4 is 10.1 Å². The Kier molecular flexibility index (Phi) is 7.73. The summed E-state index contributed by atoms with van der Waals surface area (Å²) in [5.74, 6) is 2.99. The Hall–Kier alpha value is -4.90. The lowest BCUT2D eigenvalue weighted by atomic mass is 10.1. The van der Waals surface area contributed by atoms with Gasteiger partial charge in [-0.3, -0.25) is 14.9 Å². The molecule has 8 heteroatoms. The molecule has 0 fully saturated rings. The first-order valence-corrected chi connectivity index (χ1v) is 11.3. The lowest BCUT2D eigenvalue weighted by molar-refractivity contribution is -0.384. The second-order valence-corrected chi connectivity index (χ2v) is 8.00. The van der Waals surface area contributed by atoms with E-state index >= 15 is 0 Å². The standard InChI is InChI=1S/C28H24N4O4/c1-2-18-36-26-14-8-21(9-15-26)16-17-29-27(33)19-23-20-31(24-6-4-3-5-7-24)30-28(23)22-10-12-25(13-11-22)32(34)35/h1,3-15,20H,16-19H2,(H,29,33). The summed E-state index contributed by atoms with van der Waals surface area (Å²) in [6.07, 6.45) is 7.81. The summed E-state index contributed by atoms with van der Waals surface area (Å²) in [5, 5.41) is 18.7. The molecule has 1 N–H and O–H groups in total. The van der Waals surface area contributed by atoms with E-state index in [0.717, 1.165) is 16.8 Å². The minimum absolute atomic E-state index is 0.00354. The van der Waals surface area contributed by atoms with Crippen molar-refractivity contribution in [2.75, 3.05) is 13.2 Å². The van der Waals surface area contributed by atoms with Gasteiger partial charge in [0, 0.05) is 36.0 Å². The molecular weight excluding hydrogens is 456 g/mol. The van der Waals surface area contributed by atoms with Crippen LogP contribution in [0.5, 0.6) is 5.75 Å². The molecule has 1 aromatic heterocycles. The van der Waals surface area contributed by atoms with Crippen molar-refractivity contribution >= 4 is 11.6 Å². The number of ether oxygens (including phenoxy) is 1. The van der Waals surface area contributed by atoms with Crippen LogP contribution in [-0.2, 0) is 17.6 Å². The van der Waals surface area contributed by atoms with Crippen LogP contribution >= 0.6 is 0 Å². The van der Waals surface area contributed by atoms with Crippen molar-refractivity contribution in [3.63, 3.8) is 0 Å². The van der Waals surface area contributed by atoms with Gasteiger partial charge in [0.15, 0.2) is 0 Å². The van der Waals surface area contributed by atoms with Crippen LogP contribution in [0, 0.1) is 22.5 Å². The van der Waals surface area contributed by atoms with Crippen LogP contribution in [0.4, 0.5) is 5.69 Å². The van der Waals surface area contributed by atoms with Gasteiger partial charge in [-0.05, 0) is 48.4 Å². The number of non-ortho nitro benzene ring substituents is 1. The number of hydrogen-bond acceptors (Lipinski definition) is 5. The number of benzene rings is 3. The third-order valence-corrected chi connectivity index (χ3v) is 5.49. The van der Waals surface area contributed by atoms with Gasteiger partial charge in [-0.2, -0.15) is 5.10 Å². The highest BCUT2D eigenvalue weighted by molar-refractivity contribution is 5.81. The van der Waals surface area contributed by atoms with Gasteiger partial charge in [0.2, 0.25) is 5.91 Å². The Bertz CT molecular complexity index is 1370. The molecule has 3 aromatic carbocycles. The number of rotatable bonds is 10. The fourth-order valence-corrected chi connectivity index (χ4v) is 3.70. The van der Waals surface area contributed by atoms with Crippen molar-refractivity contribution in [3.8, 4) is 35.0 Å². The van der Waals surface area contributed by atoms with E-state index in [0.29, 0.717) is 30.0 Å². The highest BCUT2D eigenvalue weighted by Crippen LogP contribution is 2.26. The van der Waals surface area contributed by atoms with E-state index in [9.17, 15) is 14.9 Å². The largest absolute Gasteiger partial charge is 0.481 e. The first-order chi connectivity index (χ1) is 17.5. The third-order valence-electron chi connectivity index (χ3n) is 5.49. The highest BCUT2D eigenvalue weighted by Gasteiger charge is 2.16. The first kappa shape index (κ1) is 24.2. The number of nitro benzene ring substituents is 1. The number of nitro groups is 1. The summed E-state index contributed by atoms with van der Waals surface area (Å²) in [6, 6.07) is 23.3. The number of para-hydroxylation sites is 1. The molecule has 0 saturated carbocycles. The summed E-state index contributed by atoms with van der Waals surface area (Å²) >= 11 is 0. The summed E-state index contributed by atoms with van der Waals surface area (Å²) in [4.78, 5) is 23.4. The Labute approximate surface area is 208 Å². The van der Waals surface area contributed by atoms with Crippen LogP contribution in [0.25, 0.3) is 16.9 Å². The molecule has 4 rings (SSSR count). The molecule has 0 aliphatic carbocycles. The van der Waals surface area contributed by atoms with Crippen molar-refractivity contribution in [2.24, 2.45) is 0 Å². The molecule has 180 valence electrons. The zero-order chi connectivity index (χ0) is 25.3. The molecule has 0 bridgehead atoms. The average Bonchev–Trinajstić information content (AvgIpc) is 3.32. The number of nitrogens with zero attached hydrogens (tertiary/aromatic N) is 3. The maximum Gasteiger partial charge on any atom is 0.269 e. The molecule has 0 unspecified atom stereocenters. The zero-order valence-electron chi connectivity index (χ0n) is 19.5. The number of amides is 1. The number of hydrogen-bond donors (Lipinski definition) is 1. The average molecular weight is 481 g/mol. The molecule has 36 heavy (non-hydrogen) atoms. The number of carbonyl (C=O) groups excluding carboxylic acids is 1. The lowest BCUT2D eigenvalue weighted by Gasteiger charge is -2.07. The molecule has 0 spiro atoms. The molecule has 0 aliphatic rings. The van der Waals surface area contributed by atoms with Gasteiger partial charge in [-0.15, -0.1) is 6.42 Å². The number of terminal acetylenes is 1. The van der Waals surface area contributed by atoms with Gasteiger partial charge in [0.05, 0.1) is 22.7 Å². The minimum Gasteiger partial charge on any atom is -0.481 e. The van der Waals surface area contributed by atoms with Crippen molar-refractivity contribution < 1.29 is 14.5 Å². The van der Waals surface area contributed by atoms with Crippen LogP contribution in [-0.4, -0.2) is 33.8 Å². The van der Waals surface area contributed by atoms with Crippen LogP contribution in [0.15, 0.2) is 85.1 Å². The van der Waals surface area contributed by atoms with Crippen molar-refractivity contribution in [2.45, 2.75) is 12.8 Å².